The molecular weight excluding hydrogens is 242 g/mol. The van der Waals surface area contributed by atoms with E-state index in [-0.39, 0.29) is 6.79 Å². The number of rotatable bonds is 5. The number of ether oxygens (including phenoxy) is 2. The van der Waals surface area contributed by atoms with Gasteiger partial charge in [0.1, 0.15) is 5.78 Å². The van der Waals surface area contributed by atoms with E-state index in [1.807, 2.05) is 18.2 Å². The van der Waals surface area contributed by atoms with Crippen LogP contribution < -0.4 is 9.47 Å². The largest absolute Gasteiger partial charge is 0.454 e. The molecule has 0 radical (unpaired) electrons. The second-order valence-electron chi connectivity index (χ2n) is 5.20. The molecule has 0 bridgehead atoms. The SMILES string of the molecule is O=C(CCN1CCCC1)Cc1ccc2c(c1)OCO2. The quantitative estimate of drug-likeness (QED) is 0.813. The Morgan fingerprint density at radius 1 is 1.16 bits per heavy atom. The number of carbonyl (C=O) groups excluding carboxylic acids is 1. The maximum absolute atomic E-state index is 12.0. The Bertz CT molecular complexity index is 466. The number of benzene rings is 1. The van der Waals surface area contributed by atoms with Crippen LogP contribution in [0.2, 0.25) is 0 Å². The maximum atomic E-state index is 12.0. The lowest BCUT2D eigenvalue weighted by Crippen LogP contribution is -2.23. The summed E-state index contributed by atoms with van der Waals surface area (Å²) in [4.78, 5) is 14.3. The van der Waals surface area contributed by atoms with Crippen molar-refractivity contribution in [3.8, 4) is 11.5 Å². The van der Waals surface area contributed by atoms with Crippen molar-refractivity contribution in [2.45, 2.75) is 25.7 Å². The third-order valence-electron chi connectivity index (χ3n) is 3.74. The van der Waals surface area contributed by atoms with Crippen molar-refractivity contribution in [1.82, 2.24) is 4.90 Å². The highest BCUT2D eigenvalue weighted by atomic mass is 16.7. The van der Waals surface area contributed by atoms with E-state index in [9.17, 15) is 4.79 Å². The van der Waals surface area contributed by atoms with Gasteiger partial charge in [-0.25, -0.2) is 0 Å². The van der Waals surface area contributed by atoms with Gasteiger partial charge in [0, 0.05) is 19.4 Å². The molecule has 0 spiro atoms. The van der Waals surface area contributed by atoms with Crippen LogP contribution in [0.3, 0.4) is 0 Å². The van der Waals surface area contributed by atoms with E-state index < -0.39 is 0 Å². The van der Waals surface area contributed by atoms with Gasteiger partial charge in [-0.1, -0.05) is 6.07 Å². The molecule has 0 N–H and O–H groups in total. The molecule has 4 heteroatoms. The first-order valence-corrected chi connectivity index (χ1v) is 6.94. The Kier molecular flexibility index (Phi) is 3.69. The van der Waals surface area contributed by atoms with Crippen molar-refractivity contribution in [2.75, 3.05) is 26.4 Å². The summed E-state index contributed by atoms with van der Waals surface area (Å²) in [5.74, 6) is 1.82. The van der Waals surface area contributed by atoms with E-state index in [2.05, 4.69) is 4.90 Å². The predicted octanol–water partition coefficient (Wildman–Crippen LogP) is 2.01. The number of Topliss-reactive ketones (excluding diaryl/α,β-unsaturated/α-hetero) is 1. The van der Waals surface area contributed by atoms with E-state index in [4.69, 9.17) is 9.47 Å². The van der Waals surface area contributed by atoms with Crippen LogP contribution in [0.15, 0.2) is 18.2 Å². The lowest BCUT2D eigenvalue weighted by atomic mass is 10.1. The second kappa shape index (κ2) is 5.61. The Hall–Kier alpha value is -1.55. The smallest absolute Gasteiger partial charge is 0.231 e. The average molecular weight is 261 g/mol. The first-order chi connectivity index (χ1) is 9.31. The molecule has 102 valence electrons. The van der Waals surface area contributed by atoms with Crippen molar-refractivity contribution in [2.24, 2.45) is 0 Å². The van der Waals surface area contributed by atoms with Crippen molar-refractivity contribution in [1.29, 1.82) is 0 Å². The van der Waals surface area contributed by atoms with E-state index in [0.717, 1.165) is 36.7 Å². The van der Waals surface area contributed by atoms with Gasteiger partial charge in [-0.2, -0.15) is 0 Å². The standard InChI is InChI=1S/C15H19NO3/c17-13(5-8-16-6-1-2-7-16)9-12-3-4-14-15(10-12)19-11-18-14/h3-4,10H,1-2,5-9,11H2. The fourth-order valence-corrected chi connectivity index (χ4v) is 2.66. The molecule has 2 heterocycles. The Labute approximate surface area is 113 Å². The number of ketones is 1. The molecule has 2 aliphatic rings. The van der Waals surface area contributed by atoms with Gasteiger partial charge in [-0.3, -0.25) is 4.79 Å². The summed E-state index contributed by atoms with van der Waals surface area (Å²) in [6, 6.07) is 5.74. The van der Waals surface area contributed by atoms with Crippen LogP contribution in [0.5, 0.6) is 11.5 Å². The molecule has 0 aliphatic carbocycles. The van der Waals surface area contributed by atoms with E-state index in [1.165, 1.54) is 12.8 Å². The molecule has 0 saturated carbocycles. The van der Waals surface area contributed by atoms with E-state index in [1.54, 1.807) is 0 Å². The number of hydrogen-bond acceptors (Lipinski definition) is 4. The molecule has 0 unspecified atom stereocenters. The number of fused-ring (bicyclic) bond motifs is 1. The van der Waals surface area contributed by atoms with Crippen LogP contribution in [0, 0.1) is 0 Å². The molecule has 1 saturated heterocycles. The summed E-state index contributed by atoms with van der Waals surface area (Å²) in [5, 5.41) is 0. The van der Waals surface area contributed by atoms with Crippen molar-refractivity contribution >= 4 is 5.78 Å². The fraction of sp³-hybridized carbons (Fsp3) is 0.533. The van der Waals surface area contributed by atoms with Crippen LogP contribution in [0.25, 0.3) is 0 Å². The molecule has 1 aromatic rings. The van der Waals surface area contributed by atoms with Gasteiger partial charge in [0.05, 0.1) is 0 Å². The molecule has 19 heavy (non-hydrogen) atoms. The average Bonchev–Trinajstić information content (AvgIpc) is 3.07. The zero-order valence-electron chi connectivity index (χ0n) is 11.1. The summed E-state index contributed by atoms with van der Waals surface area (Å²) < 4.78 is 10.6. The second-order valence-corrected chi connectivity index (χ2v) is 5.20. The number of hydrogen-bond donors (Lipinski definition) is 0. The van der Waals surface area contributed by atoms with Crippen molar-refractivity contribution in [3.05, 3.63) is 23.8 Å². The zero-order valence-corrected chi connectivity index (χ0v) is 11.1. The zero-order chi connectivity index (χ0) is 13.1. The minimum Gasteiger partial charge on any atom is -0.454 e. The van der Waals surface area contributed by atoms with Gasteiger partial charge in [-0.15, -0.1) is 0 Å². The lowest BCUT2D eigenvalue weighted by molar-refractivity contribution is -0.118. The lowest BCUT2D eigenvalue weighted by Gasteiger charge is -2.13. The highest BCUT2D eigenvalue weighted by Gasteiger charge is 2.16. The van der Waals surface area contributed by atoms with Gasteiger partial charge in [-0.05, 0) is 43.6 Å². The number of carbonyl (C=O) groups is 1. The normalized spacial score (nSPS) is 17.9. The van der Waals surface area contributed by atoms with Crippen molar-refractivity contribution in [3.63, 3.8) is 0 Å². The first-order valence-electron chi connectivity index (χ1n) is 6.94. The monoisotopic (exact) mass is 261 g/mol. The molecule has 1 aromatic carbocycles. The summed E-state index contributed by atoms with van der Waals surface area (Å²) in [6.07, 6.45) is 3.69. The molecular formula is C15H19NO3. The fourth-order valence-electron chi connectivity index (χ4n) is 2.66. The minimum atomic E-state index is 0.279. The summed E-state index contributed by atoms with van der Waals surface area (Å²) in [7, 11) is 0. The van der Waals surface area contributed by atoms with Gasteiger partial charge < -0.3 is 14.4 Å². The number of nitrogens with zero attached hydrogens (tertiary/aromatic N) is 1. The van der Waals surface area contributed by atoms with Gasteiger partial charge in [0.15, 0.2) is 11.5 Å². The Morgan fingerprint density at radius 2 is 1.95 bits per heavy atom. The van der Waals surface area contributed by atoms with E-state index in [0.29, 0.717) is 18.6 Å². The molecule has 3 rings (SSSR count). The highest BCUT2D eigenvalue weighted by molar-refractivity contribution is 5.81. The van der Waals surface area contributed by atoms with Crippen LogP contribution >= 0.6 is 0 Å². The maximum Gasteiger partial charge on any atom is 0.231 e. The Morgan fingerprint density at radius 3 is 2.79 bits per heavy atom. The van der Waals surface area contributed by atoms with Gasteiger partial charge in [0.2, 0.25) is 6.79 Å². The van der Waals surface area contributed by atoms with Crippen LogP contribution in [-0.4, -0.2) is 37.1 Å². The third kappa shape index (κ3) is 3.07. The molecule has 1 fully saturated rings. The summed E-state index contributed by atoms with van der Waals surface area (Å²) >= 11 is 0. The first kappa shape index (κ1) is 12.5. The van der Waals surface area contributed by atoms with Crippen LogP contribution in [-0.2, 0) is 11.2 Å². The topological polar surface area (TPSA) is 38.8 Å². The molecule has 0 atom stereocenters. The third-order valence-corrected chi connectivity index (χ3v) is 3.74. The van der Waals surface area contributed by atoms with Gasteiger partial charge in [0.25, 0.3) is 0 Å². The summed E-state index contributed by atoms with van der Waals surface area (Å²) in [5.41, 5.74) is 1.01. The molecule has 0 aromatic heterocycles. The molecule has 2 aliphatic heterocycles. The highest BCUT2D eigenvalue weighted by Crippen LogP contribution is 2.32. The van der Waals surface area contributed by atoms with Gasteiger partial charge >= 0.3 is 0 Å². The van der Waals surface area contributed by atoms with Crippen molar-refractivity contribution < 1.29 is 14.3 Å². The molecule has 4 nitrogen and oxygen atoms in total. The predicted molar refractivity (Wildman–Crippen MR) is 71.6 cm³/mol. The minimum absolute atomic E-state index is 0.279. The van der Waals surface area contributed by atoms with E-state index >= 15 is 0 Å². The number of likely N-dealkylation sites (tertiary alicyclic amines) is 1. The molecule has 0 amide bonds. The van der Waals surface area contributed by atoms with Crippen LogP contribution in [0.1, 0.15) is 24.8 Å². The Balaban J connectivity index is 1.51. The summed E-state index contributed by atoms with van der Waals surface area (Å²) in [6.45, 7) is 3.49. The van der Waals surface area contributed by atoms with Crippen LogP contribution in [0.4, 0.5) is 0 Å².